The third-order valence-corrected chi connectivity index (χ3v) is 3.41. The van der Waals surface area contributed by atoms with Crippen LogP contribution in [0.3, 0.4) is 0 Å². The molecule has 17 heavy (non-hydrogen) atoms. The number of hydrogen-bond acceptors (Lipinski definition) is 4. The fourth-order valence-corrected chi connectivity index (χ4v) is 2.37. The number of nitriles is 1. The van der Waals surface area contributed by atoms with E-state index in [1.807, 2.05) is 12.1 Å². The first-order valence-corrected chi connectivity index (χ1v) is 5.98. The normalized spacial score (nSPS) is 20.9. The fraction of sp³-hybridized carbons (Fsp3) is 0.538. The van der Waals surface area contributed by atoms with Crippen molar-refractivity contribution in [2.24, 2.45) is 0 Å². The highest BCUT2D eigenvalue weighted by Crippen LogP contribution is 2.20. The number of likely N-dealkylation sites (N-methyl/N-ethyl adjacent to an activating group) is 2. The van der Waals surface area contributed by atoms with Crippen LogP contribution in [-0.4, -0.2) is 43.1 Å². The van der Waals surface area contributed by atoms with Gasteiger partial charge in [-0.2, -0.15) is 5.26 Å². The van der Waals surface area contributed by atoms with Crippen LogP contribution in [0.25, 0.3) is 0 Å². The maximum Gasteiger partial charge on any atom is 0.142 e. The second kappa shape index (κ2) is 5.15. The second-order valence-electron chi connectivity index (χ2n) is 4.68. The first-order chi connectivity index (χ1) is 8.20. The van der Waals surface area contributed by atoms with E-state index in [-0.39, 0.29) is 0 Å². The lowest BCUT2D eigenvalue weighted by molar-refractivity contribution is 0.248. The van der Waals surface area contributed by atoms with Gasteiger partial charge in [0.05, 0.1) is 0 Å². The topological polar surface area (TPSA) is 43.2 Å². The summed E-state index contributed by atoms with van der Waals surface area (Å²) < 4.78 is 0. The van der Waals surface area contributed by atoms with Crippen LogP contribution < -0.4 is 4.90 Å². The number of nitrogens with zero attached hydrogens (tertiary/aromatic N) is 4. The average Bonchev–Trinajstić information content (AvgIpc) is 2.38. The summed E-state index contributed by atoms with van der Waals surface area (Å²) in [5, 5.41) is 8.86. The van der Waals surface area contributed by atoms with E-state index in [9.17, 15) is 0 Å². The van der Waals surface area contributed by atoms with Gasteiger partial charge in [0.1, 0.15) is 11.8 Å². The summed E-state index contributed by atoms with van der Waals surface area (Å²) in [5.41, 5.74) is 1.57. The van der Waals surface area contributed by atoms with Gasteiger partial charge in [0.25, 0.3) is 0 Å². The lowest BCUT2D eigenvalue weighted by atomic mass is 10.0. The maximum absolute atomic E-state index is 8.86. The largest absolute Gasteiger partial charge is 0.370 e. The molecule has 1 saturated heterocycles. The highest BCUT2D eigenvalue weighted by Gasteiger charge is 2.21. The molecule has 90 valence electrons. The fourth-order valence-electron chi connectivity index (χ4n) is 2.37. The number of likely N-dealkylation sites (tertiary alicyclic amines) is 1. The molecule has 2 heterocycles. The van der Waals surface area contributed by atoms with Crippen LogP contribution in [0.5, 0.6) is 0 Å². The Labute approximate surface area is 102 Å². The van der Waals surface area contributed by atoms with Crippen molar-refractivity contribution in [3.05, 3.63) is 24.0 Å². The molecule has 4 nitrogen and oxygen atoms in total. The molecule has 0 N–H and O–H groups in total. The Morgan fingerprint density at radius 1 is 1.59 bits per heavy atom. The van der Waals surface area contributed by atoms with E-state index >= 15 is 0 Å². The zero-order chi connectivity index (χ0) is 12.3. The van der Waals surface area contributed by atoms with Crippen LogP contribution in [0.15, 0.2) is 18.3 Å². The lowest BCUT2D eigenvalue weighted by Gasteiger charge is -2.37. The monoisotopic (exact) mass is 230 g/mol. The molecule has 1 atom stereocenters. The average molecular weight is 230 g/mol. The number of piperidine rings is 1. The maximum atomic E-state index is 8.86. The molecule has 0 spiro atoms. The molecule has 0 radical (unpaired) electrons. The molecule has 4 heteroatoms. The Kier molecular flexibility index (Phi) is 3.60. The summed E-state index contributed by atoms with van der Waals surface area (Å²) in [6, 6.07) is 6.44. The van der Waals surface area contributed by atoms with Crippen molar-refractivity contribution >= 4 is 5.69 Å². The van der Waals surface area contributed by atoms with Crippen molar-refractivity contribution in [1.29, 1.82) is 5.26 Å². The van der Waals surface area contributed by atoms with Crippen molar-refractivity contribution in [1.82, 2.24) is 9.88 Å². The van der Waals surface area contributed by atoms with Crippen molar-refractivity contribution < 1.29 is 0 Å². The van der Waals surface area contributed by atoms with Gasteiger partial charge in [-0.3, -0.25) is 0 Å². The predicted octanol–water partition coefficient (Wildman–Crippen LogP) is 1.48. The van der Waals surface area contributed by atoms with Crippen LogP contribution in [-0.2, 0) is 0 Å². The van der Waals surface area contributed by atoms with Gasteiger partial charge in [0, 0.05) is 31.5 Å². The van der Waals surface area contributed by atoms with Crippen LogP contribution in [0.1, 0.15) is 18.5 Å². The Morgan fingerprint density at radius 3 is 3.12 bits per heavy atom. The van der Waals surface area contributed by atoms with E-state index < -0.39 is 0 Å². The van der Waals surface area contributed by atoms with Gasteiger partial charge in [-0.15, -0.1) is 0 Å². The number of anilines is 1. The second-order valence-corrected chi connectivity index (χ2v) is 4.68. The quantitative estimate of drug-likeness (QED) is 0.772. The van der Waals surface area contributed by atoms with E-state index in [0.29, 0.717) is 11.7 Å². The van der Waals surface area contributed by atoms with E-state index in [0.717, 1.165) is 12.2 Å². The molecule has 1 fully saturated rings. The molecule has 1 unspecified atom stereocenters. The molecule has 0 aliphatic carbocycles. The van der Waals surface area contributed by atoms with Crippen LogP contribution >= 0.6 is 0 Å². The van der Waals surface area contributed by atoms with Gasteiger partial charge >= 0.3 is 0 Å². The first-order valence-electron chi connectivity index (χ1n) is 5.98. The molecule has 0 amide bonds. The zero-order valence-corrected chi connectivity index (χ0v) is 10.4. The van der Waals surface area contributed by atoms with Gasteiger partial charge in [-0.1, -0.05) is 0 Å². The molecule has 1 aromatic heterocycles. The standard InChI is InChI=1S/C13H18N4/c1-16-7-3-4-13(10-16)17(2)12-5-6-15-11(8-12)9-14/h5-6,8,13H,3-4,7,10H2,1-2H3. The number of pyridine rings is 1. The molecular weight excluding hydrogens is 212 g/mol. The number of rotatable bonds is 2. The summed E-state index contributed by atoms with van der Waals surface area (Å²) in [5.74, 6) is 0. The van der Waals surface area contributed by atoms with Gasteiger partial charge in [0.2, 0.25) is 0 Å². The zero-order valence-electron chi connectivity index (χ0n) is 10.4. The lowest BCUT2D eigenvalue weighted by Crippen LogP contribution is -2.45. The van der Waals surface area contributed by atoms with Gasteiger partial charge in [-0.05, 0) is 38.6 Å². The molecule has 2 rings (SSSR count). The molecule has 1 aliphatic rings. The van der Waals surface area contributed by atoms with Crippen LogP contribution in [0.4, 0.5) is 5.69 Å². The third kappa shape index (κ3) is 2.75. The number of hydrogen-bond donors (Lipinski definition) is 0. The molecule has 0 saturated carbocycles. The van der Waals surface area contributed by atoms with Crippen LogP contribution in [0, 0.1) is 11.3 Å². The van der Waals surface area contributed by atoms with Crippen molar-refractivity contribution in [2.75, 3.05) is 32.1 Å². The summed E-state index contributed by atoms with van der Waals surface area (Å²) in [6.07, 6.45) is 4.16. The Bertz CT molecular complexity index is 424. The third-order valence-electron chi connectivity index (χ3n) is 3.41. The Morgan fingerprint density at radius 2 is 2.41 bits per heavy atom. The highest BCUT2D eigenvalue weighted by atomic mass is 15.2. The highest BCUT2D eigenvalue weighted by molar-refractivity contribution is 5.49. The molecule has 1 aliphatic heterocycles. The summed E-state index contributed by atoms with van der Waals surface area (Å²) >= 11 is 0. The van der Waals surface area contributed by atoms with Gasteiger partial charge in [-0.25, -0.2) is 4.98 Å². The smallest absolute Gasteiger partial charge is 0.142 e. The van der Waals surface area contributed by atoms with Crippen molar-refractivity contribution in [2.45, 2.75) is 18.9 Å². The molecule has 0 aromatic carbocycles. The van der Waals surface area contributed by atoms with Crippen LogP contribution in [0.2, 0.25) is 0 Å². The first kappa shape index (κ1) is 11.9. The SMILES string of the molecule is CN1CCCC(N(C)c2ccnc(C#N)c2)C1. The summed E-state index contributed by atoms with van der Waals surface area (Å²) in [4.78, 5) is 8.62. The minimum atomic E-state index is 0.485. The minimum Gasteiger partial charge on any atom is -0.370 e. The van der Waals surface area contributed by atoms with Crippen molar-refractivity contribution in [3.8, 4) is 6.07 Å². The molecule has 0 bridgehead atoms. The van der Waals surface area contributed by atoms with E-state index in [1.165, 1.54) is 19.4 Å². The predicted molar refractivity (Wildman–Crippen MR) is 67.9 cm³/mol. The molecular formula is C13H18N4. The summed E-state index contributed by atoms with van der Waals surface area (Å²) in [6.45, 7) is 2.27. The van der Waals surface area contributed by atoms with Crippen molar-refractivity contribution in [3.63, 3.8) is 0 Å². The van der Waals surface area contributed by atoms with Gasteiger partial charge < -0.3 is 9.80 Å². The Balaban J connectivity index is 2.13. The van der Waals surface area contributed by atoms with Gasteiger partial charge in [0.15, 0.2) is 0 Å². The van der Waals surface area contributed by atoms with E-state index in [1.54, 1.807) is 6.20 Å². The van der Waals surface area contributed by atoms with E-state index in [4.69, 9.17) is 5.26 Å². The van der Waals surface area contributed by atoms with E-state index in [2.05, 4.69) is 34.9 Å². The number of aromatic nitrogens is 1. The molecule has 1 aromatic rings. The minimum absolute atomic E-state index is 0.485. The Hall–Kier alpha value is -1.60. The summed E-state index contributed by atoms with van der Waals surface area (Å²) in [7, 11) is 4.26.